The first-order chi connectivity index (χ1) is 11.2. The average molecular weight is 333 g/mol. The second-order valence-corrected chi connectivity index (χ2v) is 9.75. The molecule has 0 unspecified atom stereocenters. The number of carbonyl (C=O) groups is 1. The van der Waals surface area contributed by atoms with Crippen LogP contribution in [0.1, 0.15) is 72.6 Å². The third kappa shape index (κ3) is 3.42. The van der Waals surface area contributed by atoms with E-state index in [0.29, 0.717) is 11.8 Å². The molecule has 3 atom stereocenters. The van der Waals surface area contributed by atoms with Crippen molar-refractivity contribution >= 4 is 5.91 Å². The molecule has 3 aliphatic rings. The maximum atomic E-state index is 13.2. The highest BCUT2D eigenvalue weighted by Crippen LogP contribution is 2.47. The molecule has 2 heterocycles. The van der Waals surface area contributed by atoms with Crippen molar-refractivity contribution in [3.05, 3.63) is 12.7 Å². The van der Waals surface area contributed by atoms with Gasteiger partial charge in [-0.1, -0.05) is 13.0 Å². The fourth-order valence-corrected chi connectivity index (χ4v) is 5.37. The third-order valence-corrected chi connectivity index (χ3v) is 6.85. The Morgan fingerprint density at radius 1 is 1.17 bits per heavy atom. The number of hydrogen-bond acceptors (Lipinski definition) is 2. The van der Waals surface area contributed by atoms with E-state index in [1.807, 2.05) is 0 Å². The van der Waals surface area contributed by atoms with E-state index < -0.39 is 0 Å². The standard InChI is InChI=1S/C21H36N2O/c1-6-15-7-8-16(14-23-17-9-10-18(23)12-11-17)21(5,13-15)19(24)22-20(2,3)4/h6,15-18H,1,7-14H2,2-5H3,(H,22,24)/t15-,16+,17?,18?,21+/m1/s1. The molecule has 1 amide bonds. The molecule has 1 saturated carbocycles. The molecule has 136 valence electrons. The molecule has 1 aliphatic carbocycles. The van der Waals surface area contributed by atoms with E-state index >= 15 is 0 Å². The molecule has 0 aromatic rings. The molecule has 3 rings (SSSR count). The molecule has 1 N–H and O–H groups in total. The number of hydrogen-bond donors (Lipinski definition) is 1. The molecule has 3 heteroatoms. The molecule has 2 aliphatic heterocycles. The minimum absolute atomic E-state index is 0.168. The van der Waals surface area contributed by atoms with Gasteiger partial charge < -0.3 is 5.32 Å². The number of allylic oxidation sites excluding steroid dienone is 1. The molecule has 2 saturated heterocycles. The van der Waals surface area contributed by atoms with E-state index in [1.165, 1.54) is 32.1 Å². The molecule has 3 fully saturated rings. The number of nitrogens with one attached hydrogen (secondary N) is 1. The number of carbonyl (C=O) groups excluding carboxylic acids is 1. The van der Waals surface area contributed by atoms with Gasteiger partial charge in [-0.3, -0.25) is 9.69 Å². The van der Waals surface area contributed by atoms with Crippen LogP contribution in [0, 0.1) is 17.3 Å². The lowest BCUT2D eigenvalue weighted by molar-refractivity contribution is -0.138. The van der Waals surface area contributed by atoms with Crippen LogP contribution in [-0.4, -0.2) is 35.0 Å². The Hall–Kier alpha value is -0.830. The van der Waals surface area contributed by atoms with E-state index in [1.54, 1.807) is 0 Å². The summed E-state index contributed by atoms with van der Waals surface area (Å²) in [6, 6.07) is 1.59. The Morgan fingerprint density at radius 2 is 1.75 bits per heavy atom. The van der Waals surface area contributed by atoms with Gasteiger partial charge in [0.05, 0.1) is 5.41 Å². The van der Waals surface area contributed by atoms with Crippen LogP contribution in [0.4, 0.5) is 0 Å². The quantitative estimate of drug-likeness (QED) is 0.785. The van der Waals surface area contributed by atoms with Crippen LogP contribution in [0.2, 0.25) is 0 Å². The van der Waals surface area contributed by atoms with Crippen LogP contribution in [-0.2, 0) is 4.79 Å². The number of rotatable bonds is 4. The zero-order valence-electron chi connectivity index (χ0n) is 16.1. The van der Waals surface area contributed by atoms with Gasteiger partial charge in [-0.15, -0.1) is 6.58 Å². The summed E-state index contributed by atoms with van der Waals surface area (Å²) in [5, 5.41) is 3.28. The van der Waals surface area contributed by atoms with E-state index in [2.05, 4.69) is 50.6 Å². The number of amides is 1. The van der Waals surface area contributed by atoms with Gasteiger partial charge in [0.15, 0.2) is 0 Å². The number of fused-ring (bicyclic) bond motifs is 2. The van der Waals surface area contributed by atoms with Crippen LogP contribution >= 0.6 is 0 Å². The summed E-state index contributed by atoms with van der Waals surface area (Å²) in [4.78, 5) is 15.9. The molecule has 0 radical (unpaired) electrons. The first kappa shape index (κ1) is 18.0. The van der Waals surface area contributed by atoms with Gasteiger partial charge in [-0.2, -0.15) is 0 Å². The fraction of sp³-hybridized carbons (Fsp3) is 0.857. The zero-order chi connectivity index (χ0) is 17.5. The van der Waals surface area contributed by atoms with Crippen molar-refractivity contribution < 1.29 is 4.79 Å². The van der Waals surface area contributed by atoms with Crippen molar-refractivity contribution in [3.8, 4) is 0 Å². The Kier molecular flexibility index (Phi) is 4.85. The summed E-state index contributed by atoms with van der Waals surface area (Å²) >= 11 is 0. The van der Waals surface area contributed by atoms with Crippen molar-refractivity contribution in [1.29, 1.82) is 0 Å². The maximum Gasteiger partial charge on any atom is 0.226 e. The Bertz CT molecular complexity index is 475. The predicted octanol–water partition coefficient (Wildman–Crippen LogP) is 4.14. The summed E-state index contributed by atoms with van der Waals surface area (Å²) in [5.41, 5.74) is -0.440. The largest absolute Gasteiger partial charge is 0.351 e. The van der Waals surface area contributed by atoms with Crippen LogP contribution in [0.3, 0.4) is 0 Å². The Labute approximate surface area is 148 Å². The second kappa shape index (κ2) is 6.48. The Balaban J connectivity index is 1.77. The SMILES string of the molecule is C=C[C@@H]1CC[C@@H](CN2C3CCC2CC3)[C@@](C)(C(=O)NC(C)(C)C)C1. The van der Waals surface area contributed by atoms with Gasteiger partial charge >= 0.3 is 0 Å². The first-order valence-electron chi connectivity index (χ1n) is 9.94. The van der Waals surface area contributed by atoms with Crippen LogP contribution in [0.15, 0.2) is 12.7 Å². The highest BCUT2D eigenvalue weighted by atomic mass is 16.2. The van der Waals surface area contributed by atoms with Crippen LogP contribution in [0.5, 0.6) is 0 Å². The summed E-state index contributed by atoms with van der Waals surface area (Å²) in [5.74, 6) is 1.20. The average Bonchev–Trinajstić information content (AvgIpc) is 3.07. The van der Waals surface area contributed by atoms with Crippen molar-refractivity contribution in [3.63, 3.8) is 0 Å². The second-order valence-electron chi connectivity index (χ2n) is 9.75. The van der Waals surface area contributed by atoms with Crippen LogP contribution < -0.4 is 5.32 Å². The van der Waals surface area contributed by atoms with Crippen LogP contribution in [0.25, 0.3) is 0 Å². The van der Waals surface area contributed by atoms with E-state index in [9.17, 15) is 4.79 Å². The minimum atomic E-state index is -0.271. The molecule has 0 spiro atoms. The monoisotopic (exact) mass is 332 g/mol. The van der Waals surface area contributed by atoms with Gasteiger partial charge in [-0.25, -0.2) is 0 Å². The molecule has 2 bridgehead atoms. The lowest BCUT2D eigenvalue weighted by atomic mass is 9.63. The summed E-state index contributed by atoms with van der Waals surface area (Å²) < 4.78 is 0. The summed E-state index contributed by atoms with van der Waals surface area (Å²) in [7, 11) is 0. The van der Waals surface area contributed by atoms with Gasteiger partial charge in [0.1, 0.15) is 0 Å². The summed E-state index contributed by atoms with van der Waals surface area (Å²) in [6.45, 7) is 13.6. The molecular weight excluding hydrogens is 296 g/mol. The molecule has 3 nitrogen and oxygen atoms in total. The van der Waals surface area contributed by atoms with Crippen molar-refractivity contribution in [2.75, 3.05) is 6.54 Å². The first-order valence-corrected chi connectivity index (χ1v) is 9.94. The van der Waals surface area contributed by atoms with Crippen molar-refractivity contribution in [2.45, 2.75) is 90.3 Å². The van der Waals surface area contributed by atoms with E-state index in [-0.39, 0.29) is 16.9 Å². The maximum absolute atomic E-state index is 13.2. The normalized spacial score (nSPS) is 39.8. The number of nitrogens with zero attached hydrogens (tertiary/aromatic N) is 1. The fourth-order valence-electron chi connectivity index (χ4n) is 5.37. The molecule has 24 heavy (non-hydrogen) atoms. The topological polar surface area (TPSA) is 32.3 Å². The van der Waals surface area contributed by atoms with Gasteiger partial charge in [0.25, 0.3) is 0 Å². The van der Waals surface area contributed by atoms with E-state index in [4.69, 9.17) is 0 Å². The van der Waals surface area contributed by atoms with Gasteiger partial charge in [0, 0.05) is 24.2 Å². The van der Waals surface area contributed by atoms with Crippen molar-refractivity contribution in [1.82, 2.24) is 10.2 Å². The summed E-state index contributed by atoms with van der Waals surface area (Å²) in [6.07, 6.45) is 10.9. The lowest BCUT2D eigenvalue weighted by Gasteiger charge is -2.46. The zero-order valence-corrected chi connectivity index (χ0v) is 16.1. The minimum Gasteiger partial charge on any atom is -0.351 e. The molecule has 0 aromatic carbocycles. The molecular formula is C21H36N2O. The lowest BCUT2D eigenvalue weighted by Crippen LogP contribution is -2.55. The predicted molar refractivity (Wildman–Crippen MR) is 99.8 cm³/mol. The van der Waals surface area contributed by atoms with E-state index in [0.717, 1.165) is 31.5 Å². The molecule has 0 aromatic heterocycles. The third-order valence-electron chi connectivity index (χ3n) is 6.85. The van der Waals surface area contributed by atoms with Gasteiger partial charge in [-0.05, 0) is 77.6 Å². The Morgan fingerprint density at radius 3 is 2.25 bits per heavy atom. The highest BCUT2D eigenvalue weighted by Gasteiger charge is 2.49. The smallest absolute Gasteiger partial charge is 0.226 e. The van der Waals surface area contributed by atoms with Gasteiger partial charge in [0.2, 0.25) is 5.91 Å². The highest BCUT2D eigenvalue weighted by molar-refractivity contribution is 5.83. The van der Waals surface area contributed by atoms with Crippen molar-refractivity contribution in [2.24, 2.45) is 17.3 Å².